The second kappa shape index (κ2) is 3.05. The highest BCUT2D eigenvalue weighted by molar-refractivity contribution is 4.98. The lowest BCUT2D eigenvalue weighted by molar-refractivity contribution is 0.409. The van der Waals surface area contributed by atoms with E-state index >= 15 is 0 Å². The summed E-state index contributed by atoms with van der Waals surface area (Å²) in [5, 5.41) is 0. The van der Waals surface area contributed by atoms with E-state index in [1.807, 2.05) is 0 Å². The molecule has 0 heteroatoms. The molecule has 0 aromatic rings. The molecule has 0 aliphatic carbocycles. The Bertz CT molecular complexity index is 102. The Kier molecular flexibility index (Phi) is 2.96. The first kappa shape index (κ1) is 8.74. The summed E-state index contributed by atoms with van der Waals surface area (Å²) in [5.74, 6) is 0. The van der Waals surface area contributed by atoms with Gasteiger partial charge in [-0.3, -0.25) is 0 Å². The summed E-state index contributed by atoms with van der Waals surface area (Å²) in [6, 6.07) is 0. The van der Waals surface area contributed by atoms with Gasteiger partial charge in [0.25, 0.3) is 0 Å². The van der Waals surface area contributed by atoms with Gasteiger partial charge in [-0.05, 0) is 25.7 Å². The number of allylic oxidation sites excluding steroid dienone is 2. The molecule has 0 nitrogen and oxygen atoms in total. The Balaban J connectivity index is 3.75. The van der Waals surface area contributed by atoms with Crippen molar-refractivity contribution in [1.82, 2.24) is 0 Å². The van der Waals surface area contributed by atoms with Gasteiger partial charge in [0, 0.05) is 0 Å². The molecule has 0 unspecified atom stereocenters. The van der Waals surface area contributed by atoms with Gasteiger partial charge in [-0.2, -0.15) is 0 Å². The van der Waals surface area contributed by atoms with E-state index in [0.29, 0.717) is 5.41 Å². The minimum Gasteiger partial charge on any atom is -0.0887 e. The fourth-order valence-corrected chi connectivity index (χ4v) is 0.939. The normalized spacial score (nSPS) is 14.1. The largest absolute Gasteiger partial charge is 0.0887 e. The smallest absolute Gasteiger partial charge is 0.0274 e. The van der Waals surface area contributed by atoms with Crippen LogP contribution in [0, 0.1) is 5.41 Å². The maximum atomic E-state index is 2.26. The second-order valence-corrected chi connectivity index (χ2v) is 3.87. The molecule has 54 valence electrons. The zero-order valence-electron chi connectivity index (χ0n) is 7.28. The molecule has 0 N–H and O–H groups in total. The Hall–Kier alpha value is -0.260. The van der Waals surface area contributed by atoms with E-state index in [0.717, 1.165) is 0 Å². The van der Waals surface area contributed by atoms with E-state index in [1.165, 1.54) is 12.0 Å². The van der Waals surface area contributed by atoms with Gasteiger partial charge in [0.15, 0.2) is 0 Å². The maximum Gasteiger partial charge on any atom is -0.0274 e. The van der Waals surface area contributed by atoms with Gasteiger partial charge in [-0.15, -0.1) is 0 Å². The minimum atomic E-state index is 0.455. The molecular formula is C9H18. The summed E-state index contributed by atoms with van der Waals surface area (Å²) < 4.78 is 0. The lowest BCUT2D eigenvalue weighted by Crippen LogP contribution is -2.04. The molecule has 0 spiro atoms. The van der Waals surface area contributed by atoms with Crippen LogP contribution in [0.4, 0.5) is 0 Å². The molecule has 0 aliphatic rings. The van der Waals surface area contributed by atoms with E-state index in [2.05, 4.69) is 40.7 Å². The third kappa shape index (κ3) is 5.61. The van der Waals surface area contributed by atoms with Crippen molar-refractivity contribution in [2.24, 2.45) is 5.41 Å². The van der Waals surface area contributed by atoms with Crippen molar-refractivity contribution in [3.63, 3.8) is 0 Å². The Morgan fingerprint density at radius 1 is 1.33 bits per heavy atom. The molecule has 0 saturated carbocycles. The molecule has 0 aliphatic heterocycles. The highest BCUT2D eigenvalue weighted by Crippen LogP contribution is 2.22. The molecule has 9 heavy (non-hydrogen) atoms. The highest BCUT2D eigenvalue weighted by Gasteiger charge is 2.09. The zero-order chi connectivity index (χ0) is 7.49. The number of rotatable bonds is 1. The molecule has 0 rings (SSSR count). The molecule has 0 radical (unpaired) electrons. The lowest BCUT2D eigenvalue weighted by Gasteiger charge is -2.17. The van der Waals surface area contributed by atoms with Gasteiger partial charge in [0.2, 0.25) is 0 Å². The van der Waals surface area contributed by atoms with Crippen LogP contribution in [0.1, 0.15) is 41.0 Å². The number of hydrogen-bond acceptors (Lipinski definition) is 0. The van der Waals surface area contributed by atoms with Crippen LogP contribution in [0.25, 0.3) is 0 Å². The van der Waals surface area contributed by atoms with Crippen LogP contribution in [0.2, 0.25) is 0 Å². The van der Waals surface area contributed by atoms with Gasteiger partial charge in [0.05, 0.1) is 0 Å². The van der Waals surface area contributed by atoms with E-state index in [4.69, 9.17) is 0 Å². The van der Waals surface area contributed by atoms with Crippen LogP contribution < -0.4 is 0 Å². The van der Waals surface area contributed by atoms with Crippen molar-refractivity contribution in [2.45, 2.75) is 41.0 Å². The molecule has 0 atom stereocenters. The predicted molar refractivity (Wildman–Crippen MR) is 43.5 cm³/mol. The summed E-state index contributed by atoms with van der Waals surface area (Å²) in [6.45, 7) is 11.1. The van der Waals surface area contributed by atoms with Crippen LogP contribution in [0.5, 0.6) is 0 Å². The first-order valence-corrected chi connectivity index (χ1v) is 3.57. The summed E-state index contributed by atoms with van der Waals surface area (Å²) in [7, 11) is 0. The average molecular weight is 126 g/mol. The topological polar surface area (TPSA) is 0 Å². The second-order valence-electron chi connectivity index (χ2n) is 3.87. The summed E-state index contributed by atoms with van der Waals surface area (Å²) in [5.41, 5.74) is 1.94. The fourth-order valence-electron chi connectivity index (χ4n) is 0.939. The Morgan fingerprint density at radius 3 is 1.89 bits per heavy atom. The quantitative estimate of drug-likeness (QED) is 0.472. The molecule has 0 aromatic heterocycles. The van der Waals surface area contributed by atoms with Crippen LogP contribution in [-0.2, 0) is 0 Å². The molecule has 0 amide bonds. The molecular weight excluding hydrogens is 108 g/mol. The van der Waals surface area contributed by atoms with Crippen LogP contribution in [0.15, 0.2) is 11.6 Å². The minimum absolute atomic E-state index is 0.455. The first-order chi connectivity index (χ1) is 3.95. The van der Waals surface area contributed by atoms with Crippen LogP contribution >= 0.6 is 0 Å². The van der Waals surface area contributed by atoms with Gasteiger partial charge >= 0.3 is 0 Å². The van der Waals surface area contributed by atoms with Crippen molar-refractivity contribution in [2.75, 3.05) is 0 Å². The monoisotopic (exact) mass is 126 g/mol. The summed E-state index contributed by atoms with van der Waals surface area (Å²) >= 11 is 0. The highest BCUT2D eigenvalue weighted by atomic mass is 14.1. The van der Waals surface area contributed by atoms with Gasteiger partial charge < -0.3 is 0 Å². The average Bonchev–Trinajstić information content (AvgIpc) is 1.62. The SMILES string of the molecule is C/C=C(\C)CC(C)(C)C. The number of hydrogen-bond donors (Lipinski definition) is 0. The molecule has 0 heterocycles. The van der Waals surface area contributed by atoms with Crippen molar-refractivity contribution in [3.05, 3.63) is 11.6 Å². The van der Waals surface area contributed by atoms with Crippen LogP contribution in [0.3, 0.4) is 0 Å². The zero-order valence-corrected chi connectivity index (χ0v) is 7.28. The summed E-state index contributed by atoms with van der Waals surface area (Å²) in [4.78, 5) is 0. The fraction of sp³-hybridized carbons (Fsp3) is 0.778. The van der Waals surface area contributed by atoms with E-state index in [-0.39, 0.29) is 0 Å². The summed E-state index contributed by atoms with van der Waals surface area (Å²) in [6.07, 6.45) is 3.40. The third-order valence-electron chi connectivity index (χ3n) is 1.30. The lowest BCUT2D eigenvalue weighted by atomic mass is 9.88. The van der Waals surface area contributed by atoms with Crippen molar-refractivity contribution >= 4 is 0 Å². The molecule has 0 fully saturated rings. The standard InChI is InChI=1S/C9H18/c1-6-8(2)7-9(3,4)5/h6H,7H2,1-5H3/b8-6+. The van der Waals surface area contributed by atoms with Gasteiger partial charge in [-0.25, -0.2) is 0 Å². The van der Waals surface area contributed by atoms with Crippen molar-refractivity contribution in [1.29, 1.82) is 0 Å². The van der Waals surface area contributed by atoms with Crippen molar-refractivity contribution < 1.29 is 0 Å². The van der Waals surface area contributed by atoms with Crippen LogP contribution in [-0.4, -0.2) is 0 Å². The van der Waals surface area contributed by atoms with Crippen molar-refractivity contribution in [3.8, 4) is 0 Å². The Labute approximate surface area is 59.0 Å². The van der Waals surface area contributed by atoms with Gasteiger partial charge in [0.1, 0.15) is 0 Å². The maximum absolute atomic E-state index is 2.26. The third-order valence-corrected chi connectivity index (χ3v) is 1.30. The van der Waals surface area contributed by atoms with Gasteiger partial charge in [-0.1, -0.05) is 32.4 Å². The Morgan fingerprint density at radius 2 is 1.78 bits per heavy atom. The van der Waals surface area contributed by atoms with E-state index < -0.39 is 0 Å². The van der Waals surface area contributed by atoms with E-state index in [9.17, 15) is 0 Å². The molecule has 0 bridgehead atoms. The van der Waals surface area contributed by atoms with E-state index in [1.54, 1.807) is 0 Å². The predicted octanol–water partition coefficient (Wildman–Crippen LogP) is 3.39. The first-order valence-electron chi connectivity index (χ1n) is 3.57. The molecule has 0 saturated heterocycles. The molecule has 0 aromatic carbocycles.